The summed E-state index contributed by atoms with van der Waals surface area (Å²) in [5, 5.41) is 9.99. The molecule has 0 saturated heterocycles. The van der Waals surface area contributed by atoms with Crippen LogP contribution >= 0.6 is 11.3 Å². The molecule has 1 aromatic heterocycles. The summed E-state index contributed by atoms with van der Waals surface area (Å²) in [6, 6.07) is 23.0. The Bertz CT molecular complexity index is 1290. The summed E-state index contributed by atoms with van der Waals surface area (Å²) in [7, 11) is 0. The summed E-state index contributed by atoms with van der Waals surface area (Å²) in [4.78, 5) is 36.7. The number of esters is 1. The zero-order valence-electron chi connectivity index (χ0n) is 16.6. The predicted octanol–water partition coefficient (Wildman–Crippen LogP) is 4.21. The summed E-state index contributed by atoms with van der Waals surface area (Å²) in [6.07, 6.45) is 1.38. The Hall–Kier alpha value is -4.30. The minimum atomic E-state index is -0.893. The molecular weight excluding hydrogens is 426 g/mol. The molecular formula is C24H17N3O4S. The van der Waals surface area contributed by atoms with Gasteiger partial charge in [-0.3, -0.25) is 9.59 Å². The first kappa shape index (κ1) is 21.0. The van der Waals surface area contributed by atoms with E-state index in [-0.39, 0.29) is 0 Å². The van der Waals surface area contributed by atoms with Crippen LogP contribution in [0.1, 0.15) is 15.2 Å². The van der Waals surface area contributed by atoms with Gasteiger partial charge in [0.15, 0.2) is 0 Å². The molecule has 0 bridgehead atoms. The third-order valence-corrected chi connectivity index (χ3v) is 5.29. The molecule has 3 aromatic carbocycles. The van der Waals surface area contributed by atoms with Gasteiger partial charge in [0.1, 0.15) is 10.6 Å². The van der Waals surface area contributed by atoms with Gasteiger partial charge in [0, 0.05) is 11.1 Å². The van der Waals surface area contributed by atoms with Crippen molar-refractivity contribution in [1.29, 1.82) is 0 Å². The second kappa shape index (κ2) is 9.67. The molecule has 0 saturated carbocycles. The Morgan fingerprint density at radius 3 is 2.41 bits per heavy atom. The lowest BCUT2D eigenvalue weighted by Crippen LogP contribution is -2.32. The number of hydrazone groups is 1. The number of rotatable bonds is 5. The molecule has 0 aliphatic carbocycles. The third kappa shape index (κ3) is 5.05. The van der Waals surface area contributed by atoms with Gasteiger partial charge >= 0.3 is 17.8 Å². The molecule has 32 heavy (non-hydrogen) atoms. The molecule has 2 N–H and O–H groups in total. The average molecular weight is 443 g/mol. The second-order valence-electron chi connectivity index (χ2n) is 6.62. The van der Waals surface area contributed by atoms with E-state index in [0.29, 0.717) is 21.9 Å². The van der Waals surface area contributed by atoms with Crippen LogP contribution in [0, 0.1) is 0 Å². The Morgan fingerprint density at radius 1 is 0.844 bits per heavy atom. The van der Waals surface area contributed by atoms with Crippen molar-refractivity contribution in [2.45, 2.75) is 0 Å². The highest BCUT2D eigenvalue weighted by atomic mass is 32.1. The normalized spacial score (nSPS) is 10.8. The number of thiophene rings is 1. The maximum atomic E-state index is 12.2. The van der Waals surface area contributed by atoms with Gasteiger partial charge in [-0.15, -0.1) is 11.3 Å². The van der Waals surface area contributed by atoms with E-state index in [1.165, 1.54) is 17.6 Å². The van der Waals surface area contributed by atoms with Crippen molar-refractivity contribution in [1.82, 2.24) is 5.43 Å². The molecule has 7 nitrogen and oxygen atoms in total. The van der Waals surface area contributed by atoms with Gasteiger partial charge in [0.25, 0.3) is 0 Å². The van der Waals surface area contributed by atoms with E-state index in [4.69, 9.17) is 4.74 Å². The summed E-state index contributed by atoms with van der Waals surface area (Å²) < 4.78 is 5.28. The van der Waals surface area contributed by atoms with Crippen LogP contribution in [0.15, 0.2) is 89.3 Å². The molecule has 4 rings (SSSR count). The van der Waals surface area contributed by atoms with Gasteiger partial charge in [0.05, 0.1) is 6.21 Å². The van der Waals surface area contributed by atoms with Gasteiger partial charge in [-0.2, -0.15) is 5.10 Å². The van der Waals surface area contributed by atoms with Crippen molar-refractivity contribution in [2.75, 3.05) is 5.32 Å². The number of fused-ring (bicyclic) bond motifs is 1. The van der Waals surface area contributed by atoms with Crippen molar-refractivity contribution in [3.8, 4) is 5.75 Å². The third-order valence-electron chi connectivity index (χ3n) is 4.44. The zero-order valence-corrected chi connectivity index (χ0v) is 17.5. The van der Waals surface area contributed by atoms with Gasteiger partial charge in [-0.25, -0.2) is 10.2 Å². The molecule has 2 amide bonds. The topological polar surface area (TPSA) is 96.9 Å². The number of anilines is 1. The average Bonchev–Trinajstić information content (AvgIpc) is 3.36. The fourth-order valence-electron chi connectivity index (χ4n) is 2.90. The smallest absolute Gasteiger partial charge is 0.353 e. The monoisotopic (exact) mass is 443 g/mol. The molecule has 8 heteroatoms. The summed E-state index contributed by atoms with van der Waals surface area (Å²) in [5.74, 6) is -1.75. The standard InChI is InChI=1S/C24H17N3O4S/c28-22(26-20-8-3-6-17-5-1-2-7-19(17)20)23(29)27-25-15-16-10-12-18(13-11-16)31-24(30)21-9-4-14-32-21/h1-15H,(H,26,28)(H,27,29)/b25-15-. The van der Waals surface area contributed by atoms with Gasteiger partial charge in [-0.1, -0.05) is 42.5 Å². The number of hydrogen-bond acceptors (Lipinski definition) is 6. The Morgan fingerprint density at radius 2 is 1.62 bits per heavy atom. The van der Waals surface area contributed by atoms with Crippen LogP contribution < -0.4 is 15.5 Å². The number of ether oxygens (including phenoxy) is 1. The van der Waals surface area contributed by atoms with Crippen molar-refractivity contribution in [2.24, 2.45) is 5.10 Å². The van der Waals surface area contributed by atoms with E-state index in [1.807, 2.05) is 30.3 Å². The maximum Gasteiger partial charge on any atom is 0.353 e. The van der Waals surface area contributed by atoms with Crippen LogP contribution in [-0.4, -0.2) is 24.0 Å². The largest absolute Gasteiger partial charge is 0.422 e. The molecule has 0 atom stereocenters. The Kier molecular flexibility index (Phi) is 6.33. The minimum Gasteiger partial charge on any atom is -0.422 e. The molecule has 0 aliphatic rings. The van der Waals surface area contributed by atoms with Crippen molar-refractivity contribution in [3.63, 3.8) is 0 Å². The zero-order chi connectivity index (χ0) is 22.3. The van der Waals surface area contributed by atoms with Crippen molar-refractivity contribution < 1.29 is 19.1 Å². The maximum absolute atomic E-state index is 12.2. The molecule has 0 fully saturated rings. The number of carbonyl (C=O) groups is 3. The predicted molar refractivity (Wildman–Crippen MR) is 124 cm³/mol. The number of nitrogens with zero attached hydrogens (tertiary/aromatic N) is 1. The van der Waals surface area contributed by atoms with Crippen LogP contribution in [-0.2, 0) is 9.59 Å². The lowest BCUT2D eigenvalue weighted by molar-refractivity contribution is -0.136. The Balaban J connectivity index is 1.31. The highest BCUT2D eigenvalue weighted by Gasteiger charge is 2.14. The minimum absolute atomic E-state index is 0.388. The van der Waals surface area contributed by atoms with Gasteiger partial charge < -0.3 is 10.1 Å². The lowest BCUT2D eigenvalue weighted by Gasteiger charge is -2.07. The number of carbonyl (C=O) groups excluding carboxylic acids is 3. The van der Waals surface area contributed by atoms with Gasteiger partial charge in [0.2, 0.25) is 0 Å². The molecule has 0 aliphatic heterocycles. The second-order valence-corrected chi connectivity index (χ2v) is 7.56. The lowest BCUT2D eigenvalue weighted by atomic mass is 10.1. The van der Waals surface area contributed by atoms with E-state index in [1.54, 1.807) is 53.9 Å². The fraction of sp³-hybridized carbons (Fsp3) is 0. The highest BCUT2D eigenvalue weighted by Crippen LogP contribution is 2.22. The highest BCUT2D eigenvalue weighted by molar-refractivity contribution is 7.12. The summed E-state index contributed by atoms with van der Waals surface area (Å²) >= 11 is 1.30. The van der Waals surface area contributed by atoms with Gasteiger partial charge in [-0.05, 0) is 52.7 Å². The van der Waals surface area contributed by atoms with E-state index >= 15 is 0 Å². The molecule has 0 spiro atoms. The van der Waals surface area contributed by atoms with Crippen molar-refractivity contribution in [3.05, 3.63) is 94.7 Å². The quantitative estimate of drug-likeness (QED) is 0.159. The van der Waals surface area contributed by atoms with E-state index in [2.05, 4.69) is 15.8 Å². The van der Waals surface area contributed by atoms with Crippen LogP contribution in [0.5, 0.6) is 5.75 Å². The van der Waals surface area contributed by atoms with Crippen molar-refractivity contribution >= 4 is 51.8 Å². The number of benzene rings is 3. The molecule has 4 aromatic rings. The molecule has 158 valence electrons. The number of hydrogen-bond donors (Lipinski definition) is 2. The first-order valence-electron chi connectivity index (χ1n) is 9.58. The molecule has 0 radical (unpaired) electrons. The number of amides is 2. The molecule has 1 heterocycles. The van der Waals surface area contributed by atoms with E-state index < -0.39 is 17.8 Å². The summed E-state index contributed by atoms with van der Waals surface area (Å²) in [5.41, 5.74) is 3.39. The van der Waals surface area contributed by atoms with Crippen LogP contribution in [0.4, 0.5) is 5.69 Å². The van der Waals surface area contributed by atoms with Crippen LogP contribution in [0.3, 0.4) is 0 Å². The first-order valence-corrected chi connectivity index (χ1v) is 10.5. The summed E-state index contributed by atoms with van der Waals surface area (Å²) in [6.45, 7) is 0. The molecule has 0 unspecified atom stereocenters. The van der Waals surface area contributed by atoms with E-state index in [0.717, 1.165) is 10.8 Å². The van der Waals surface area contributed by atoms with Crippen LogP contribution in [0.2, 0.25) is 0 Å². The SMILES string of the molecule is O=C(N/N=C\c1ccc(OC(=O)c2cccs2)cc1)C(=O)Nc1cccc2ccccc12. The number of nitrogens with one attached hydrogen (secondary N) is 2. The Labute approximate surface area is 187 Å². The van der Waals surface area contributed by atoms with E-state index in [9.17, 15) is 14.4 Å². The fourth-order valence-corrected chi connectivity index (χ4v) is 3.50. The van der Waals surface area contributed by atoms with Crippen LogP contribution in [0.25, 0.3) is 10.8 Å². The first-order chi connectivity index (χ1) is 15.6.